The van der Waals surface area contributed by atoms with Gasteiger partial charge in [0.05, 0.1) is 13.2 Å². The number of rotatable bonds is 6. The van der Waals surface area contributed by atoms with E-state index in [0.717, 1.165) is 5.56 Å². The molecule has 1 aliphatic rings. The van der Waals surface area contributed by atoms with Crippen LogP contribution in [0.5, 0.6) is 0 Å². The molecule has 0 radical (unpaired) electrons. The standard InChI is InChI=1S/C16H22O7/c1-10(17)22-14-12(9-20-2)23-16(19)15(13(14)18)21-8-11-6-4-3-5-7-11/h3-7,12-16,18-19H,8-9H2,1-2H3/t12-,13+,14-,15-,16+/m1/s1. The largest absolute Gasteiger partial charge is 0.457 e. The first-order valence-corrected chi connectivity index (χ1v) is 7.36. The molecule has 1 heterocycles. The summed E-state index contributed by atoms with van der Waals surface area (Å²) < 4.78 is 21.0. The highest BCUT2D eigenvalue weighted by Crippen LogP contribution is 2.26. The van der Waals surface area contributed by atoms with Crippen molar-refractivity contribution in [2.45, 2.75) is 44.2 Å². The Kier molecular flexibility index (Phi) is 6.49. The van der Waals surface area contributed by atoms with Crippen molar-refractivity contribution in [3.8, 4) is 0 Å². The molecule has 128 valence electrons. The lowest BCUT2D eigenvalue weighted by atomic mass is 9.98. The highest BCUT2D eigenvalue weighted by molar-refractivity contribution is 5.66. The molecular weight excluding hydrogens is 304 g/mol. The number of esters is 1. The number of aliphatic hydroxyl groups is 2. The van der Waals surface area contributed by atoms with Gasteiger partial charge >= 0.3 is 5.97 Å². The Morgan fingerprint density at radius 2 is 1.91 bits per heavy atom. The van der Waals surface area contributed by atoms with Crippen molar-refractivity contribution in [2.75, 3.05) is 13.7 Å². The van der Waals surface area contributed by atoms with Gasteiger partial charge in [0.2, 0.25) is 0 Å². The molecular formula is C16H22O7. The van der Waals surface area contributed by atoms with E-state index in [1.54, 1.807) is 0 Å². The third-order valence-corrected chi connectivity index (χ3v) is 3.55. The number of carbonyl (C=O) groups excluding carboxylic acids is 1. The van der Waals surface area contributed by atoms with Crippen LogP contribution in [-0.4, -0.2) is 60.6 Å². The van der Waals surface area contributed by atoms with Crippen LogP contribution in [0.1, 0.15) is 12.5 Å². The van der Waals surface area contributed by atoms with Crippen LogP contribution in [0.2, 0.25) is 0 Å². The second-order valence-corrected chi connectivity index (χ2v) is 5.35. The Morgan fingerprint density at radius 1 is 1.22 bits per heavy atom. The molecule has 5 atom stereocenters. The van der Waals surface area contributed by atoms with Gasteiger partial charge in [0.15, 0.2) is 12.4 Å². The topological polar surface area (TPSA) is 94.5 Å². The summed E-state index contributed by atoms with van der Waals surface area (Å²) in [5.74, 6) is -0.558. The van der Waals surface area contributed by atoms with E-state index in [0.29, 0.717) is 0 Å². The number of benzene rings is 1. The number of hydrogen-bond acceptors (Lipinski definition) is 7. The molecule has 0 spiro atoms. The zero-order valence-electron chi connectivity index (χ0n) is 13.1. The molecule has 23 heavy (non-hydrogen) atoms. The van der Waals surface area contributed by atoms with Crippen molar-refractivity contribution in [1.82, 2.24) is 0 Å². The monoisotopic (exact) mass is 326 g/mol. The molecule has 0 bridgehead atoms. The summed E-state index contributed by atoms with van der Waals surface area (Å²) in [6, 6.07) is 9.32. The quantitative estimate of drug-likeness (QED) is 0.723. The number of methoxy groups -OCH3 is 1. The highest BCUT2D eigenvalue weighted by atomic mass is 16.7. The second kappa shape index (κ2) is 8.37. The maximum Gasteiger partial charge on any atom is 0.303 e. The zero-order valence-corrected chi connectivity index (χ0v) is 13.1. The van der Waals surface area contributed by atoms with Crippen molar-refractivity contribution in [2.24, 2.45) is 0 Å². The Balaban J connectivity index is 2.05. The lowest BCUT2D eigenvalue weighted by molar-refractivity contribution is -0.301. The van der Waals surface area contributed by atoms with E-state index < -0.39 is 36.7 Å². The third-order valence-electron chi connectivity index (χ3n) is 3.55. The van der Waals surface area contributed by atoms with Gasteiger partial charge in [-0.3, -0.25) is 4.79 Å². The van der Waals surface area contributed by atoms with E-state index in [4.69, 9.17) is 18.9 Å². The second-order valence-electron chi connectivity index (χ2n) is 5.35. The predicted molar refractivity (Wildman–Crippen MR) is 79.3 cm³/mol. The SMILES string of the molecule is COC[C@H]1O[C@H](O)[C@H](OCc2ccccc2)[C@@H](O)[C@@H]1OC(C)=O. The fourth-order valence-corrected chi connectivity index (χ4v) is 2.49. The average molecular weight is 326 g/mol. The Morgan fingerprint density at radius 3 is 2.52 bits per heavy atom. The smallest absolute Gasteiger partial charge is 0.303 e. The summed E-state index contributed by atoms with van der Waals surface area (Å²) in [5, 5.41) is 20.5. The van der Waals surface area contributed by atoms with E-state index >= 15 is 0 Å². The van der Waals surface area contributed by atoms with Gasteiger partial charge in [0.25, 0.3) is 0 Å². The molecule has 2 rings (SSSR count). The van der Waals surface area contributed by atoms with Crippen molar-refractivity contribution in [1.29, 1.82) is 0 Å². The van der Waals surface area contributed by atoms with Crippen LogP contribution in [0.4, 0.5) is 0 Å². The molecule has 1 fully saturated rings. The van der Waals surface area contributed by atoms with E-state index in [2.05, 4.69) is 0 Å². The fourth-order valence-electron chi connectivity index (χ4n) is 2.49. The fraction of sp³-hybridized carbons (Fsp3) is 0.562. The molecule has 0 unspecified atom stereocenters. The molecule has 1 aromatic carbocycles. The summed E-state index contributed by atoms with van der Waals surface area (Å²) in [7, 11) is 1.45. The summed E-state index contributed by atoms with van der Waals surface area (Å²) in [6.07, 6.45) is -5.36. The summed E-state index contributed by atoms with van der Waals surface area (Å²) >= 11 is 0. The van der Waals surface area contributed by atoms with Gasteiger partial charge < -0.3 is 29.2 Å². The van der Waals surface area contributed by atoms with Crippen molar-refractivity contribution >= 4 is 5.97 Å². The van der Waals surface area contributed by atoms with Gasteiger partial charge in [-0.15, -0.1) is 0 Å². The van der Waals surface area contributed by atoms with Crippen molar-refractivity contribution in [3.05, 3.63) is 35.9 Å². The first-order chi connectivity index (χ1) is 11.0. The van der Waals surface area contributed by atoms with Crippen LogP contribution < -0.4 is 0 Å². The zero-order chi connectivity index (χ0) is 16.8. The van der Waals surface area contributed by atoms with Crippen LogP contribution in [-0.2, 0) is 30.3 Å². The summed E-state index contributed by atoms with van der Waals surface area (Å²) in [6.45, 7) is 1.49. The first-order valence-electron chi connectivity index (χ1n) is 7.36. The van der Waals surface area contributed by atoms with Gasteiger partial charge in [-0.05, 0) is 5.56 Å². The van der Waals surface area contributed by atoms with E-state index in [9.17, 15) is 15.0 Å². The molecule has 7 heteroatoms. The Bertz CT molecular complexity index is 492. The first kappa shape index (κ1) is 17.8. The third kappa shape index (κ3) is 4.73. The van der Waals surface area contributed by atoms with Gasteiger partial charge in [0, 0.05) is 14.0 Å². The normalized spacial score (nSPS) is 30.9. The highest BCUT2D eigenvalue weighted by Gasteiger charge is 2.47. The van der Waals surface area contributed by atoms with Crippen LogP contribution >= 0.6 is 0 Å². The Labute approximate surface area is 134 Å². The molecule has 2 N–H and O–H groups in total. The summed E-state index contributed by atoms with van der Waals surface area (Å²) in [4.78, 5) is 11.2. The average Bonchev–Trinajstić information content (AvgIpc) is 2.52. The maximum absolute atomic E-state index is 11.2. The molecule has 0 aliphatic carbocycles. The molecule has 1 aliphatic heterocycles. The predicted octanol–water partition coefficient (Wildman–Crippen LogP) is 0.228. The maximum atomic E-state index is 11.2. The van der Waals surface area contributed by atoms with Crippen LogP contribution in [0.25, 0.3) is 0 Å². The number of aliphatic hydroxyl groups excluding tert-OH is 2. The summed E-state index contributed by atoms with van der Waals surface area (Å²) in [5.41, 5.74) is 0.884. The minimum absolute atomic E-state index is 0.0669. The molecule has 1 saturated heterocycles. The van der Waals surface area contributed by atoms with Gasteiger partial charge in [-0.1, -0.05) is 30.3 Å². The van der Waals surface area contributed by atoms with Crippen LogP contribution in [0.3, 0.4) is 0 Å². The molecule has 0 saturated carbocycles. The minimum Gasteiger partial charge on any atom is -0.457 e. The van der Waals surface area contributed by atoms with Gasteiger partial charge in [-0.25, -0.2) is 0 Å². The molecule has 7 nitrogen and oxygen atoms in total. The van der Waals surface area contributed by atoms with E-state index in [1.165, 1.54) is 14.0 Å². The number of ether oxygens (including phenoxy) is 4. The van der Waals surface area contributed by atoms with Crippen molar-refractivity contribution in [3.63, 3.8) is 0 Å². The van der Waals surface area contributed by atoms with Crippen molar-refractivity contribution < 1.29 is 34.0 Å². The molecule has 0 amide bonds. The number of carbonyl (C=O) groups is 1. The van der Waals surface area contributed by atoms with E-state index in [1.807, 2.05) is 30.3 Å². The number of hydrogen-bond donors (Lipinski definition) is 2. The lowest BCUT2D eigenvalue weighted by Crippen LogP contribution is -2.60. The van der Waals surface area contributed by atoms with Gasteiger partial charge in [-0.2, -0.15) is 0 Å². The lowest BCUT2D eigenvalue weighted by Gasteiger charge is -2.41. The Hall–Kier alpha value is -1.51. The minimum atomic E-state index is -1.35. The van der Waals surface area contributed by atoms with Gasteiger partial charge in [0.1, 0.15) is 18.3 Å². The van der Waals surface area contributed by atoms with E-state index in [-0.39, 0.29) is 13.2 Å². The van der Waals surface area contributed by atoms with Crippen LogP contribution in [0, 0.1) is 0 Å². The molecule has 1 aromatic rings. The van der Waals surface area contributed by atoms with Crippen LogP contribution in [0.15, 0.2) is 30.3 Å². The molecule has 0 aromatic heterocycles.